The number of rotatable bonds is 5. The van der Waals surface area contributed by atoms with Crippen molar-refractivity contribution in [3.63, 3.8) is 0 Å². The summed E-state index contributed by atoms with van der Waals surface area (Å²) in [6.45, 7) is 17.1. The standard InChI is InChI=1S/C25H38N4O3/c1-9-13-29(14-10-2)22(30)18-15-17-11-12-19(24(3,4)5)26-21(17)27-20(16-18)28-23(31)32-25(6,7)8/h11-12,15H,9-10,13-14,16H2,1-8H3,(H,26,27,28,31). The fraction of sp³-hybridized carbons (Fsp3) is 0.600. The van der Waals surface area contributed by atoms with Crippen LogP contribution in [0.5, 0.6) is 0 Å². The fourth-order valence-electron chi connectivity index (χ4n) is 3.35. The van der Waals surface area contributed by atoms with Crippen LogP contribution in [0.25, 0.3) is 6.08 Å². The number of hydrogen-bond donors (Lipinski definition) is 1. The Morgan fingerprint density at radius 1 is 1.06 bits per heavy atom. The third-order valence-electron chi connectivity index (χ3n) is 4.80. The third-order valence-corrected chi connectivity index (χ3v) is 4.80. The molecule has 2 amide bonds. The SMILES string of the molecule is CCCN(CCC)C(=O)C1=Cc2ccc(C(C)(C)C)nc2N=C(NC(=O)OC(C)(C)C)C1. The van der Waals surface area contributed by atoms with E-state index in [1.54, 1.807) is 20.8 Å². The number of aliphatic imine (C=N–C) groups is 1. The van der Waals surface area contributed by atoms with Gasteiger partial charge in [0.05, 0.1) is 0 Å². The summed E-state index contributed by atoms with van der Waals surface area (Å²) in [6.07, 6.45) is 3.20. The molecule has 0 atom stereocenters. The quantitative estimate of drug-likeness (QED) is 0.664. The van der Waals surface area contributed by atoms with Gasteiger partial charge in [-0.05, 0) is 51.8 Å². The van der Waals surface area contributed by atoms with E-state index in [9.17, 15) is 9.59 Å². The van der Waals surface area contributed by atoms with Crippen molar-refractivity contribution < 1.29 is 14.3 Å². The van der Waals surface area contributed by atoms with Crippen molar-refractivity contribution in [1.82, 2.24) is 15.2 Å². The summed E-state index contributed by atoms with van der Waals surface area (Å²) in [4.78, 5) is 37.0. The van der Waals surface area contributed by atoms with Gasteiger partial charge in [-0.15, -0.1) is 0 Å². The average Bonchev–Trinajstić information content (AvgIpc) is 2.83. The Labute approximate surface area is 192 Å². The van der Waals surface area contributed by atoms with Crippen LogP contribution < -0.4 is 5.32 Å². The van der Waals surface area contributed by atoms with Crippen molar-refractivity contribution in [2.24, 2.45) is 4.99 Å². The Morgan fingerprint density at radius 2 is 1.69 bits per heavy atom. The molecule has 0 aliphatic carbocycles. The molecule has 7 nitrogen and oxygen atoms in total. The van der Waals surface area contributed by atoms with E-state index >= 15 is 0 Å². The summed E-state index contributed by atoms with van der Waals surface area (Å²) >= 11 is 0. The highest BCUT2D eigenvalue weighted by Crippen LogP contribution is 2.30. The molecule has 0 fully saturated rings. The van der Waals surface area contributed by atoms with Crippen LogP contribution in [0, 0.1) is 0 Å². The lowest BCUT2D eigenvalue weighted by molar-refractivity contribution is -0.127. The van der Waals surface area contributed by atoms with E-state index in [-0.39, 0.29) is 17.7 Å². The Kier molecular flexibility index (Phi) is 8.21. The lowest BCUT2D eigenvalue weighted by Crippen LogP contribution is -2.38. The molecule has 0 radical (unpaired) electrons. The number of amidine groups is 1. The van der Waals surface area contributed by atoms with Crippen LogP contribution in [0.4, 0.5) is 10.6 Å². The van der Waals surface area contributed by atoms with Gasteiger partial charge in [-0.2, -0.15) is 0 Å². The van der Waals surface area contributed by atoms with Crippen molar-refractivity contribution in [3.05, 3.63) is 29.0 Å². The van der Waals surface area contributed by atoms with E-state index < -0.39 is 11.7 Å². The smallest absolute Gasteiger partial charge is 0.413 e. The summed E-state index contributed by atoms with van der Waals surface area (Å²) in [5, 5.41) is 2.74. The lowest BCUT2D eigenvalue weighted by atomic mass is 9.91. The molecule has 0 bridgehead atoms. The first-order valence-electron chi connectivity index (χ1n) is 11.4. The van der Waals surface area contributed by atoms with Crippen molar-refractivity contribution in [2.75, 3.05) is 13.1 Å². The summed E-state index contributed by atoms with van der Waals surface area (Å²) in [6, 6.07) is 3.91. The number of hydrogen-bond acceptors (Lipinski definition) is 5. The molecule has 2 heterocycles. The van der Waals surface area contributed by atoms with Gasteiger partial charge in [0.2, 0.25) is 5.91 Å². The highest BCUT2D eigenvalue weighted by molar-refractivity contribution is 6.08. The van der Waals surface area contributed by atoms with E-state index in [2.05, 4.69) is 44.9 Å². The van der Waals surface area contributed by atoms with Crippen molar-refractivity contribution in [2.45, 2.75) is 85.7 Å². The summed E-state index contributed by atoms with van der Waals surface area (Å²) in [5.74, 6) is 0.799. The summed E-state index contributed by atoms with van der Waals surface area (Å²) < 4.78 is 5.40. The summed E-state index contributed by atoms with van der Waals surface area (Å²) in [7, 11) is 0. The van der Waals surface area contributed by atoms with Gasteiger partial charge >= 0.3 is 6.09 Å². The number of fused-ring (bicyclic) bond motifs is 1. The van der Waals surface area contributed by atoms with Gasteiger partial charge < -0.3 is 9.64 Å². The minimum Gasteiger partial charge on any atom is -0.444 e. The predicted molar refractivity (Wildman–Crippen MR) is 129 cm³/mol. The Balaban J connectivity index is 2.49. The molecule has 0 aromatic carbocycles. The fourth-order valence-corrected chi connectivity index (χ4v) is 3.35. The number of carbonyl (C=O) groups excluding carboxylic acids is 2. The minimum atomic E-state index is -0.640. The maximum Gasteiger partial charge on any atom is 0.413 e. The van der Waals surface area contributed by atoms with Crippen molar-refractivity contribution >= 4 is 29.7 Å². The molecule has 0 saturated heterocycles. The second-order valence-corrected chi connectivity index (χ2v) is 10.2. The summed E-state index contributed by atoms with van der Waals surface area (Å²) in [5.41, 5.74) is 1.43. The van der Waals surface area contributed by atoms with E-state index in [0.717, 1.165) is 24.1 Å². The van der Waals surface area contributed by atoms with Crippen LogP contribution >= 0.6 is 0 Å². The Morgan fingerprint density at radius 3 is 2.22 bits per heavy atom. The largest absolute Gasteiger partial charge is 0.444 e. The van der Waals surface area contributed by atoms with Crippen LogP contribution in [-0.4, -0.2) is 46.4 Å². The molecule has 1 aromatic rings. The maximum atomic E-state index is 13.4. The van der Waals surface area contributed by atoms with E-state index in [1.165, 1.54) is 0 Å². The topological polar surface area (TPSA) is 83.9 Å². The van der Waals surface area contributed by atoms with Gasteiger partial charge in [0.15, 0.2) is 5.82 Å². The highest BCUT2D eigenvalue weighted by atomic mass is 16.6. The molecule has 1 aliphatic heterocycles. The molecule has 1 N–H and O–H groups in total. The first-order chi connectivity index (χ1) is 14.8. The Bertz CT molecular complexity index is 899. The number of carbonyl (C=O) groups is 2. The third kappa shape index (κ3) is 7.18. The molecule has 0 saturated carbocycles. The minimum absolute atomic E-state index is 0.0415. The number of nitrogens with zero attached hydrogens (tertiary/aromatic N) is 3. The zero-order chi connectivity index (χ0) is 24.1. The van der Waals surface area contributed by atoms with Crippen LogP contribution in [0.1, 0.15) is 85.9 Å². The van der Waals surface area contributed by atoms with E-state index in [4.69, 9.17) is 9.72 Å². The molecule has 2 rings (SSSR count). The van der Waals surface area contributed by atoms with Crippen molar-refractivity contribution in [3.8, 4) is 0 Å². The zero-order valence-electron chi connectivity index (χ0n) is 20.8. The molecule has 32 heavy (non-hydrogen) atoms. The van der Waals surface area contributed by atoms with E-state index in [0.29, 0.717) is 30.3 Å². The van der Waals surface area contributed by atoms with Crippen LogP contribution in [-0.2, 0) is 14.9 Å². The molecular formula is C25H38N4O3. The number of alkyl carbamates (subject to hydrolysis) is 1. The van der Waals surface area contributed by atoms with Gasteiger partial charge in [0.1, 0.15) is 11.4 Å². The predicted octanol–water partition coefficient (Wildman–Crippen LogP) is 5.37. The number of pyridine rings is 1. The number of aromatic nitrogens is 1. The number of amides is 2. The van der Waals surface area contributed by atoms with Crippen LogP contribution in [0.3, 0.4) is 0 Å². The van der Waals surface area contributed by atoms with Gasteiger partial charge in [0, 0.05) is 41.8 Å². The van der Waals surface area contributed by atoms with Gasteiger partial charge in [0.25, 0.3) is 0 Å². The first kappa shape index (κ1) is 25.6. The molecule has 176 valence electrons. The second-order valence-electron chi connectivity index (χ2n) is 10.2. The molecule has 0 spiro atoms. The first-order valence-corrected chi connectivity index (χ1v) is 11.4. The zero-order valence-corrected chi connectivity index (χ0v) is 20.8. The maximum absolute atomic E-state index is 13.4. The molecule has 1 aromatic heterocycles. The number of nitrogens with one attached hydrogen (secondary N) is 1. The van der Waals surface area contributed by atoms with Gasteiger partial charge in [-0.1, -0.05) is 34.6 Å². The van der Waals surface area contributed by atoms with Gasteiger partial charge in [-0.25, -0.2) is 14.8 Å². The monoisotopic (exact) mass is 442 g/mol. The second kappa shape index (κ2) is 10.3. The van der Waals surface area contributed by atoms with Crippen molar-refractivity contribution in [1.29, 1.82) is 0 Å². The molecular weight excluding hydrogens is 404 g/mol. The molecule has 1 aliphatic rings. The molecule has 7 heteroatoms. The lowest BCUT2D eigenvalue weighted by Gasteiger charge is -2.23. The van der Waals surface area contributed by atoms with Gasteiger partial charge in [-0.3, -0.25) is 10.1 Å². The average molecular weight is 443 g/mol. The van der Waals surface area contributed by atoms with Crippen LogP contribution in [0.15, 0.2) is 22.7 Å². The van der Waals surface area contributed by atoms with E-state index in [1.807, 2.05) is 23.1 Å². The number of ether oxygens (including phenoxy) is 1. The highest BCUT2D eigenvalue weighted by Gasteiger charge is 2.25. The van der Waals surface area contributed by atoms with Crippen LogP contribution in [0.2, 0.25) is 0 Å². The Hall–Kier alpha value is -2.70. The normalized spacial score (nSPS) is 14.0. The molecule has 0 unspecified atom stereocenters.